The van der Waals surface area contributed by atoms with E-state index in [2.05, 4.69) is 215 Å². The molecule has 316 valence electrons. The van der Waals surface area contributed by atoms with Crippen LogP contribution < -0.4 is 14.3 Å². The lowest BCUT2D eigenvalue weighted by atomic mass is 9.75. The van der Waals surface area contributed by atoms with Crippen molar-refractivity contribution in [3.8, 4) is 39.3 Å². The molecule has 2 aliphatic rings. The van der Waals surface area contributed by atoms with Gasteiger partial charge in [-0.25, -0.2) is 4.98 Å². The van der Waals surface area contributed by atoms with Crippen molar-refractivity contribution in [3.05, 3.63) is 169 Å². The summed E-state index contributed by atoms with van der Waals surface area (Å²) >= 11 is 0. The van der Waals surface area contributed by atoms with Crippen molar-refractivity contribution in [2.75, 3.05) is 0 Å². The van der Waals surface area contributed by atoms with Crippen molar-refractivity contribution >= 4 is 40.9 Å². The second-order valence-corrected chi connectivity index (χ2v) is 25.8. The number of hydrogen-bond acceptors (Lipinski definition) is 1. The molecule has 4 aromatic heterocycles. The van der Waals surface area contributed by atoms with Gasteiger partial charge in [0.2, 0.25) is 11.4 Å². The standard InChI is InChI=1S/C58H62N4Si/c1-37(2)50-35-60-38(3)31-53-45(42-25-17-18-26-43(42)54-33-46(39(4)58(5,6)7)56(36-61(53)54)63(8,9)10)29-30-51-49(55(60)34-47(50)40-21-13-11-14-22-40)32-48-44-27-19-20-28-52(44)62(57(48)59-51)41-23-15-12-16-24-41/h11-28,32-37,39,45,53H,3,29-31H2,1-2,4-10H3/q+2. The van der Waals surface area contributed by atoms with E-state index in [1.165, 1.54) is 60.9 Å². The van der Waals surface area contributed by atoms with Crippen LogP contribution in [0.2, 0.25) is 19.6 Å². The fourth-order valence-electron chi connectivity index (χ4n) is 10.7. The second kappa shape index (κ2) is 15.4. The summed E-state index contributed by atoms with van der Waals surface area (Å²) in [4.78, 5) is 5.84. The lowest BCUT2D eigenvalue weighted by Crippen LogP contribution is -2.55. The number of rotatable bonds is 5. The molecule has 0 fully saturated rings. The van der Waals surface area contributed by atoms with Gasteiger partial charge >= 0.3 is 0 Å². The number of pyridine rings is 3. The molecule has 0 aliphatic carbocycles. The van der Waals surface area contributed by atoms with Gasteiger partial charge in [0.1, 0.15) is 5.65 Å². The van der Waals surface area contributed by atoms with E-state index in [0.29, 0.717) is 11.8 Å². The third kappa shape index (κ3) is 7.00. The molecule has 6 heterocycles. The van der Waals surface area contributed by atoms with Crippen LogP contribution in [0.5, 0.6) is 0 Å². The van der Waals surface area contributed by atoms with Gasteiger partial charge in [0.15, 0.2) is 24.1 Å². The zero-order valence-corrected chi connectivity index (χ0v) is 39.7. The zero-order chi connectivity index (χ0) is 43.9. The second-order valence-electron chi connectivity index (χ2n) is 20.8. The molecular weight excluding hydrogens is 781 g/mol. The third-order valence-electron chi connectivity index (χ3n) is 14.5. The zero-order valence-electron chi connectivity index (χ0n) is 38.7. The van der Waals surface area contributed by atoms with E-state index >= 15 is 0 Å². The number of aryl methyl sites for hydroxylation is 1. The van der Waals surface area contributed by atoms with Gasteiger partial charge in [-0.2, -0.15) is 9.13 Å². The Hall–Kier alpha value is -5.91. The number of para-hydroxylation sites is 2. The summed E-state index contributed by atoms with van der Waals surface area (Å²) < 4.78 is 7.54. The molecule has 4 aromatic carbocycles. The molecule has 8 aromatic rings. The van der Waals surface area contributed by atoms with Gasteiger partial charge in [0, 0.05) is 50.8 Å². The van der Waals surface area contributed by atoms with Gasteiger partial charge in [-0.1, -0.05) is 146 Å². The Balaban J connectivity index is 1.26. The fraction of sp³-hybridized carbons (Fsp3) is 0.293. The van der Waals surface area contributed by atoms with Gasteiger partial charge < -0.3 is 0 Å². The third-order valence-corrected chi connectivity index (χ3v) is 16.5. The molecule has 63 heavy (non-hydrogen) atoms. The minimum Gasteiger partial charge on any atom is -0.294 e. The Kier molecular flexibility index (Phi) is 10.1. The maximum Gasteiger partial charge on any atom is 0.220 e. The Labute approximate surface area is 375 Å². The number of allylic oxidation sites excluding steroid dienone is 1. The highest BCUT2D eigenvalue weighted by Crippen LogP contribution is 2.46. The van der Waals surface area contributed by atoms with Crippen LogP contribution in [0.4, 0.5) is 0 Å². The van der Waals surface area contributed by atoms with Crippen LogP contribution in [0.1, 0.15) is 101 Å². The molecule has 10 rings (SSSR count). The predicted molar refractivity (Wildman–Crippen MR) is 267 cm³/mol. The average molecular weight is 843 g/mol. The molecule has 2 aliphatic heterocycles. The van der Waals surface area contributed by atoms with E-state index < -0.39 is 8.07 Å². The first-order valence-electron chi connectivity index (χ1n) is 23.2. The lowest BCUT2D eigenvalue weighted by molar-refractivity contribution is -0.719. The van der Waals surface area contributed by atoms with Gasteiger partial charge in [0.25, 0.3) is 0 Å². The van der Waals surface area contributed by atoms with Crippen molar-refractivity contribution in [1.82, 2.24) is 9.55 Å². The number of benzene rings is 4. The number of nitrogens with zero attached hydrogens (tertiary/aromatic N) is 4. The minimum atomic E-state index is -1.78. The molecular formula is C58H62N4Si+2. The smallest absolute Gasteiger partial charge is 0.220 e. The number of fused-ring (bicyclic) bond motifs is 12. The van der Waals surface area contributed by atoms with Crippen molar-refractivity contribution in [2.45, 2.75) is 104 Å². The molecule has 3 unspecified atom stereocenters. The summed E-state index contributed by atoms with van der Waals surface area (Å²) in [7, 11) is -1.78. The van der Waals surface area contributed by atoms with Gasteiger partial charge in [-0.15, -0.1) is 0 Å². The quantitative estimate of drug-likeness (QED) is 0.125. The van der Waals surface area contributed by atoms with E-state index in [1.54, 1.807) is 5.19 Å². The Morgan fingerprint density at radius 2 is 1.40 bits per heavy atom. The molecule has 0 saturated carbocycles. The monoisotopic (exact) mass is 842 g/mol. The molecule has 0 spiro atoms. The van der Waals surface area contributed by atoms with Gasteiger partial charge in [-0.05, 0) is 89.3 Å². The molecule has 4 nitrogen and oxygen atoms in total. The molecule has 0 bridgehead atoms. The maximum atomic E-state index is 5.84. The van der Waals surface area contributed by atoms with E-state index in [4.69, 9.17) is 11.6 Å². The summed E-state index contributed by atoms with van der Waals surface area (Å²) in [6, 6.07) is 47.5. The summed E-state index contributed by atoms with van der Waals surface area (Å²) in [5, 5.41) is 3.95. The van der Waals surface area contributed by atoms with Crippen LogP contribution in [-0.4, -0.2) is 17.6 Å². The fourth-order valence-corrected chi connectivity index (χ4v) is 12.4. The summed E-state index contributed by atoms with van der Waals surface area (Å²) in [5.74, 6) is 0.976. The van der Waals surface area contributed by atoms with Crippen molar-refractivity contribution in [3.63, 3.8) is 0 Å². The average Bonchev–Trinajstić information content (AvgIpc) is 3.60. The van der Waals surface area contributed by atoms with Crippen LogP contribution in [0, 0.1) is 5.41 Å². The van der Waals surface area contributed by atoms with Crippen LogP contribution in [0.3, 0.4) is 0 Å². The van der Waals surface area contributed by atoms with Crippen molar-refractivity contribution in [2.24, 2.45) is 5.41 Å². The SMILES string of the molecule is C=C1CC2C(CCc3nc4c(cc3-c3cc(-c5ccccc5)c(C(C)C)c[n+]31)c1ccccc1n4-c1ccccc1)c1ccccc1-c1cc(C(C)C(C)(C)C)c([Si](C)(C)C)c[n+]12. The summed E-state index contributed by atoms with van der Waals surface area (Å²) in [6.07, 6.45) is 7.67. The largest absolute Gasteiger partial charge is 0.294 e. The highest BCUT2D eigenvalue weighted by Gasteiger charge is 2.45. The van der Waals surface area contributed by atoms with Crippen LogP contribution in [0.25, 0.3) is 67.0 Å². The van der Waals surface area contributed by atoms with E-state index in [0.717, 1.165) is 47.7 Å². The molecule has 0 radical (unpaired) electrons. The van der Waals surface area contributed by atoms with Crippen LogP contribution in [-0.2, 0) is 6.42 Å². The van der Waals surface area contributed by atoms with Gasteiger partial charge in [0.05, 0.1) is 31.3 Å². The first-order valence-corrected chi connectivity index (χ1v) is 26.7. The number of hydrogen-bond donors (Lipinski definition) is 0. The first-order chi connectivity index (χ1) is 30.2. The predicted octanol–water partition coefficient (Wildman–Crippen LogP) is 13.7. The van der Waals surface area contributed by atoms with Crippen LogP contribution in [0.15, 0.2) is 146 Å². The Morgan fingerprint density at radius 3 is 2.11 bits per heavy atom. The number of aromatic nitrogens is 4. The highest BCUT2D eigenvalue weighted by molar-refractivity contribution is 6.89. The normalized spacial score (nSPS) is 16.9. The lowest BCUT2D eigenvalue weighted by Gasteiger charge is -2.35. The van der Waals surface area contributed by atoms with Gasteiger partial charge in [-0.3, -0.25) is 4.57 Å². The molecule has 0 saturated heterocycles. The van der Waals surface area contributed by atoms with Crippen molar-refractivity contribution < 1.29 is 9.13 Å². The molecule has 0 amide bonds. The maximum absolute atomic E-state index is 5.84. The van der Waals surface area contributed by atoms with E-state index in [-0.39, 0.29) is 17.4 Å². The summed E-state index contributed by atoms with van der Waals surface area (Å²) in [6.45, 7) is 26.9. The molecule has 5 heteroatoms. The van der Waals surface area contributed by atoms with E-state index in [9.17, 15) is 0 Å². The molecule has 0 N–H and O–H groups in total. The summed E-state index contributed by atoms with van der Waals surface area (Å²) in [5.41, 5.74) is 17.5. The first kappa shape index (κ1) is 41.1. The van der Waals surface area contributed by atoms with Crippen molar-refractivity contribution in [1.29, 1.82) is 0 Å². The van der Waals surface area contributed by atoms with Crippen LogP contribution >= 0.6 is 0 Å². The highest BCUT2D eigenvalue weighted by atomic mass is 28.3. The topological polar surface area (TPSA) is 25.6 Å². The molecule has 3 atom stereocenters. The minimum absolute atomic E-state index is 0.139. The Bertz CT molecular complexity index is 3070. The Morgan fingerprint density at radius 1 is 0.714 bits per heavy atom. The van der Waals surface area contributed by atoms with E-state index in [1.807, 2.05) is 0 Å².